The molecule has 0 aromatic heterocycles. The van der Waals surface area contributed by atoms with Crippen LogP contribution in [0.25, 0.3) is 0 Å². The first-order chi connectivity index (χ1) is 11.5. The lowest BCUT2D eigenvalue weighted by Gasteiger charge is -2.22. The number of carbonyl (C=O) groups is 2. The molecule has 1 N–H and O–H groups in total. The standard InChI is InChI=1S/C16H22N4O4/c1-2-8-17-16(22)19-10-3-9-18(11-12-19)15(21)13-4-6-14(7-5-13)20(23)24/h4-7H,2-3,8-12H2,1H3,(H,17,22). The molecule has 1 aromatic carbocycles. The zero-order valence-electron chi connectivity index (χ0n) is 13.7. The Morgan fingerprint density at radius 2 is 1.75 bits per heavy atom. The van der Waals surface area contributed by atoms with Crippen molar-refractivity contribution < 1.29 is 14.5 Å². The van der Waals surface area contributed by atoms with Gasteiger partial charge < -0.3 is 15.1 Å². The number of nitro benzene ring substituents is 1. The second-order valence-electron chi connectivity index (χ2n) is 5.67. The molecule has 1 saturated heterocycles. The average molecular weight is 334 g/mol. The number of nitro groups is 1. The van der Waals surface area contributed by atoms with Gasteiger partial charge in [0.1, 0.15) is 0 Å². The van der Waals surface area contributed by atoms with E-state index in [1.807, 2.05) is 6.92 Å². The molecular weight excluding hydrogens is 312 g/mol. The maximum absolute atomic E-state index is 12.5. The quantitative estimate of drug-likeness (QED) is 0.671. The molecular formula is C16H22N4O4. The van der Waals surface area contributed by atoms with Crippen LogP contribution >= 0.6 is 0 Å². The van der Waals surface area contributed by atoms with E-state index in [2.05, 4.69) is 5.32 Å². The second-order valence-corrected chi connectivity index (χ2v) is 5.67. The number of carbonyl (C=O) groups excluding carboxylic acids is 2. The van der Waals surface area contributed by atoms with Gasteiger partial charge in [0.15, 0.2) is 0 Å². The number of hydrogen-bond acceptors (Lipinski definition) is 4. The predicted molar refractivity (Wildman–Crippen MR) is 88.9 cm³/mol. The molecule has 0 spiro atoms. The molecule has 0 bridgehead atoms. The third kappa shape index (κ3) is 4.43. The Morgan fingerprint density at radius 1 is 1.12 bits per heavy atom. The number of amides is 3. The van der Waals surface area contributed by atoms with E-state index in [9.17, 15) is 19.7 Å². The summed E-state index contributed by atoms with van der Waals surface area (Å²) in [5.74, 6) is -0.166. The van der Waals surface area contributed by atoms with Crippen molar-refractivity contribution in [3.63, 3.8) is 0 Å². The average Bonchev–Trinajstić information content (AvgIpc) is 2.85. The molecule has 0 aliphatic carbocycles. The highest BCUT2D eigenvalue weighted by atomic mass is 16.6. The molecule has 24 heavy (non-hydrogen) atoms. The second kappa shape index (κ2) is 8.28. The lowest BCUT2D eigenvalue weighted by atomic mass is 10.2. The van der Waals surface area contributed by atoms with Crippen LogP contribution in [0.15, 0.2) is 24.3 Å². The van der Waals surface area contributed by atoms with Crippen LogP contribution in [0.2, 0.25) is 0 Å². The Kier molecular flexibility index (Phi) is 6.11. The molecule has 0 radical (unpaired) electrons. The lowest BCUT2D eigenvalue weighted by molar-refractivity contribution is -0.384. The van der Waals surface area contributed by atoms with Crippen LogP contribution < -0.4 is 5.32 Å². The van der Waals surface area contributed by atoms with Gasteiger partial charge in [-0.15, -0.1) is 0 Å². The Bertz CT molecular complexity index is 603. The van der Waals surface area contributed by atoms with E-state index < -0.39 is 4.92 Å². The van der Waals surface area contributed by atoms with Gasteiger partial charge in [0.05, 0.1) is 4.92 Å². The van der Waals surface area contributed by atoms with Crippen molar-refractivity contribution >= 4 is 17.6 Å². The number of benzene rings is 1. The lowest BCUT2D eigenvalue weighted by Crippen LogP contribution is -2.42. The normalized spacial score (nSPS) is 14.9. The molecule has 1 heterocycles. The highest BCUT2D eigenvalue weighted by Gasteiger charge is 2.23. The fourth-order valence-electron chi connectivity index (χ4n) is 2.58. The van der Waals surface area contributed by atoms with Crippen LogP contribution in [0.5, 0.6) is 0 Å². The summed E-state index contributed by atoms with van der Waals surface area (Å²) in [5.41, 5.74) is 0.380. The van der Waals surface area contributed by atoms with Crippen molar-refractivity contribution in [2.45, 2.75) is 19.8 Å². The van der Waals surface area contributed by atoms with E-state index >= 15 is 0 Å². The minimum atomic E-state index is -0.493. The zero-order valence-corrected chi connectivity index (χ0v) is 13.7. The zero-order chi connectivity index (χ0) is 17.5. The van der Waals surface area contributed by atoms with Gasteiger partial charge in [0, 0.05) is 50.4 Å². The van der Waals surface area contributed by atoms with Crippen molar-refractivity contribution in [1.82, 2.24) is 15.1 Å². The van der Waals surface area contributed by atoms with E-state index in [4.69, 9.17) is 0 Å². The summed E-state index contributed by atoms with van der Waals surface area (Å²) >= 11 is 0. The van der Waals surface area contributed by atoms with Crippen LogP contribution in [0, 0.1) is 10.1 Å². The summed E-state index contributed by atoms with van der Waals surface area (Å²) < 4.78 is 0. The van der Waals surface area contributed by atoms with E-state index in [0.29, 0.717) is 44.7 Å². The van der Waals surface area contributed by atoms with Crippen molar-refractivity contribution in [3.8, 4) is 0 Å². The first-order valence-corrected chi connectivity index (χ1v) is 8.09. The first kappa shape index (κ1) is 17.7. The number of nitrogens with zero attached hydrogens (tertiary/aromatic N) is 3. The molecule has 2 rings (SSSR count). The summed E-state index contributed by atoms with van der Waals surface area (Å²) in [6.45, 7) is 4.74. The molecule has 8 heteroatoms. The predicted octanol–water partition coefficient (Wildman–Crippen LogP) is 1.86. The van der Waals surface area contributed by atoms with Gasteiger partial charge in [-0.3, -0.25) is 14.9 Å². The summed E-state index contributed by atoms with van der Waals surface area (Å²) in [5, 5.41) is 13.5. The summed E-state index contributed by atoms with van der Waals surface area (Å²) in [6, 6.07) is 5.50. The molecule has 0 unspecified atom stereocenters. The maximum Gasteiger partial charge on any atom is 0.317 e. The van der Waals surface area contributed by atoms with Gasteiger partial charge in [0.25, 0.3) is 11.6 Å². The summed E-state index contributed by atoms with van der Waals surface area (Å²) in [4.78, 5) is 38.1. The fraction of sp³-hybridized carbons (Fsp3) is 0.500. The van der Waals surface area contributed by atoms with Gasteiger partial charge >= 0.3 is 6.03 Å². The summed E-state index contributed by atoms with van der Waals surface area (Å²) in [7, 11) is 0. The minimum absolute atomic E-state index is 0.0406. The van der Waals surface area contributed by atoms with Crippen molar-refractivity contribution in [1.29, 1.82) is 0 Å². The van der Waals surface area contributed by atoms with Crippen LogP contribution in [0.1, 0.15) is 30.1 Å². The smallest absolute Gasteiger partial charge is 0.317 e. The van der Waals surface area contributed by atoms with Crippen molar-refractivity contribution in [2.75, 3.05) is 32.7 Å². The van der Waals surface area contributed by atoms with Gasteiger partial charge in [0.2, 0.25) is 0 Å². The minimum Gasteiger partial charge on any atom is -0.338 e. The van der Waals surface area contributed by atoms with Gasteiger partial charge in [-0.05, 0) is 25.0 Å². The highest BCUT2D eigenvalue weighted by Crippen LogP contribution is 2.15. The first-order valence-electron chi connectivity index (χ1n) is 8.09. The third-order valence-electron chi connectivity index (χ3n) is 3.92. The maximum atomic E-state index is 12.5. The molecule has 1 aromatic rings. The Morgan fingerprint density at radius 3 is 2.38 bits per heavy atom. The largest absolute Gasteiger partial charge is 0.338 e. The SMILES string of the molecule is CCCNC(=O)N1CCCN(C(=O)c2ccc([N+](=O)[O-])cc2)CC1. The number of urea groups is 1. The van der Waals surface area contributed by atoms with Crippen molar-refractivity contribution in [2.24, 2.45) is 0 Å². The van der Waals surface area contributed by atoms with E-state index in [1.165, 1.54) is 24.3 Å². The molecule has 3 amide bonds. The Balaban J connectivity index is 1.96. The number of nitrogens with one attached hydrogen (secondary N) is 1. The molecule has 0 atom stereocenters. The molecule has 8 nitrogen and oxygen atoms in total. The molecule has 130 valence electrons. The topological polar surface area (TPSA) is 95.8 Å². The van der Waals surface area contributed by atoms with E-state index in [-0.39, 0.29) is 17.6 Å². The molecule has 0 saturated carbocycles. The highest BCUT2D eigenvalue weighted by molar-refractivity contribution is 5.94. The van der Waals surface area contributed by atoms with Crippen LogP contribution in [0.4, 0.5) is 10.5 Å². The number of non-ortho nitro benzene ring substituents is 1. The van der Waals surface area contributed by atoms with E-state index in [0.717, 1.165) is 6.42 Å². The Hall–Kier alpha value is -2.64. The van der Waals surface area contributed by atoms with Gasteiger partial charge in [-0.2, -0.15) is 0 Å². The van der Waals surface area contributed by atoms with Crippen LogP contribution in [0.3, 0.4) is 0 Å². The van der Waals surface area contributed by atoms with Gasteiger partial charge in [-0.25, -0.2) is 4.79 Å². The molecule has 1 fully saturated rings. The number of hydrogen-bond donors (Lipinski definition) is 1. The summed E-state index contributed by atoms with van der Waals surface area (Å²) in [6.07, 6.45) is 1.59. The van der Waals surface area contributed by atoms with E-state index in [1.54, 1.807) is 9.80 Å². The fourth-order valence-corrected chi connectivity index (χ4v) is 2.58. The third-order valence-corrected chi connectivity index (χ3v) is 3.92. The van der Waals surface area contributed by atoms with Crippen LogP contribution in [-0.4, -0.2) is 59.4 Å². The number of rotatable bonds is 4. The van der Waals surface area contributed by atoms with Crippen molar-refractivity contribution in [3.05, 3.63) is 39.9 Å². The Labute approximate surface area is 140 Å². The molecule has 1 aliphatic heterocycles. The van der Waals surface area contributed by atoms with Crippen LogP contribution in [-0.2, 0) is 0 Å². The van der Waals surface area contributed by atoms with Gasteiger partial charge in [-0.1, -0.05) is 6.92 Å². The molecule has 1 aliphatic rings. The monoisotopic (exact) mass is 334 g/mol.